The maximum absolute atomic E-state index is 15.3. The summed E-state index contributed by atoms with van der Waals surface area (Å²) in [6.45, 7) is 1.97. The van der Waals surface area contributed by atoms with Crippen molar-refractivity contribution in [1.29, 1.82) is 0 Å². The first-order valence-corrected chi connectivity index (χ1v) is 12.2. The van der Waals surface area contributed by atoms with Crippen molar-refractivity contribution in [3.63, 3.8) is 0 Å². The molecule has 37 heavy (non-hydrogen) atoms. The van der Waals surface area contributed by atoms with Crippen molar-refractivity contribution in [1.82, 2.24) is 9.58 Å². The second-order valence-corrected chi connectivity index (χ2v) is 9.75. The molecule has 1 aromatic heterocycles. The Balaban J connectivity index is 1.69. The molecule has 3 aliphatic rings. The maximum Gasteiger partial charge on any atom is 0.278 e. The van der Waals surface area contributed by atoms with E-state index in [0.29, 0.717) is 18.4 Å². The number of amides is 1. The number of fused-ring (bicyclic) bond motifs is 6. The number of ether oxygens (including phenoxy) is 1. The van der Waals surface area contributed by atoms with Gasteiger partial charge >= 0.3 is 0 Å². The molecule has 1 spiro atoms. The standard InChI is InChI=1S/C28H25F2N3O4/c1-17-6-2-3-7-18(17)23-19-8-9-20(29)22(30)26(19)37-15-5-13-28(11-4-12-28)31-16-33(23)32-14-10-21(34)25(35)24(32)27(31)36/h2-3,5-10,13-14,23,35H,4,11-12,15-16H2,1H3/b13-5-/t23-/m1/s1. The van der Waals surface area contributed by atoms with E-state index in [9.17, 15) is 19.1 Å². The molecule has 0 radical (unpaired) electrons. The van der Waals surface area contributed by atoms with Gasteiger partial charge in [0, 0.05) is 17.8 Å². The maximum atomic E-state index is 15.3. The number of hydrogen-bond acceptors (Lipinski definition) is 5. The molecule has 190 valence electrons. The van der Waals surface area contributed by atoms with Crippen molar-refractivity contribution in [3.8, 4) is 11.5 Å². The van der Waals surface area contributed by atoms with E-state index < -0.39 is 40.3 Å². The molecule has 1 N–H and O–H groups in total. The summed E-state index contributed by atoms with van der Waals surface area (Å²) < 4.78 is 37.0. The second kappa shape index (κ2) is 8.47. The van der Waals surface area contributed by atoms with Crippen LogP contribution in [-0.4, -0.2) is 39.4 Å². The Hall–Kier alpha value is -4.14. The second-order valence-electron chi connectivity index (χ2n) is 9.75. The molecule has 3 aromatic rings. The number of carbonyl (C=O) groups excluding carboxylic acids is 1. The molecule has 1 atom stereocenters. The fourth-order valence-corrected chi connectivity index (χ4v) is 5.64. The number of pyridine rings is 1. The van der Waals surface area contributed by atoms with Crippen LogP contribution in [-0.2, 0) is 0 Å². The van der Waals surface area contributed by atoms with Crippen LogP contribution in [0, 0.1) is 18.6 Å². The van der Waals surface area contributed by atoms with Crippen molar-refractivity contribution < 1.29 is 23.4 Å². The third-order valence-corrected chi connectivity index (χ3v) is 7.73. The van der Waals surface area contributed by atoms with Crippen molar-refractivity contribution in [2.24, 2.45) is 0 Å². The van der Waals surface area contributed by atoms with E-state index in [4.69, 9.17) is 4.74 Å². The number of nitrogens with zero attached hydrogens (tertiary/aromatic N) is 3. The molecular weight excluding hydrogens is 480 g/mol. The number of carbonyl (C=O) groups is 1. The highest BCUT2D eigenvalue weighted by Gasteiger charge is 2.49. The Morgan fingerprint density at radius 2 is 1.84 bits per heavy atom. The molecule has 9 heteroatoms. The first-order chi connectivity index (χ1) is 17.8. The molecule has 2 bridgehead atoms. The number of aryl methyl sites for hydroxylation is 1. The Bertz CT molecular complexity index is 1510. The fourth-order valence-electron chi connectivity index (χ4n) is 5.64. The van der Waals surface area contributed by atoms with Crippen LogP contribution in [0.25, 0.3) is 0 Å². The summed E-state index contributed by atoms with van der Waals surface area (Å²) in [5.41, 5.74) is 0.509. The minimum Gasteiger partial charge on any atom is -0.502 e. The topological polar surface area (TPSA) is 75.0 Å². The molecule has 3 heterocycles. The minimum atomic E-state index is -1.10. The lowest BCUT2D eigenvalue weighted by molar-refractivity contribution is 0.0255. The quantitative estimate of drug-likeness (QED) is 0.503. The first kappa shape index (κ1) is 23.3. The Labute approximate surface area is 211 Å². The lowest BCUT2D eigenvalue weighted by Gasteiger charge is -2.54. The Kier molecular flexibility index (Phi) is 5.33. The fraction of sp³-hybridized carbons (Fsp3) is 0.286. The van der Waals surface area contributed by atoms with Crippen molar-refractivity contribution in [2.75, 3.05) is 18.3 Å². The van der Waals surface area contributed by atoms with E-state index in [1.54, 1.807) is 16.0 Å². The van der Waals surface area contributed by atoms with Gasteiger partial charge in [0.25, 0.3) is 5.91 Å². The Morgan fingerprint density at radius 1 is 1.05 bits per heavy atom. The largest absolute Gasteiger partial charge is 0.502 e. The highest BCUT2D eigenvalue weighted by atomic mass is 19.2. The molecule has 0 saturated heterocycles. The van der Waals surface area contributed by atoms with Gasteiger partial charge in [-0.15, -0.1) is 0 Å². The van der Waals surface area contributed by atoms with Crippen LogP contribution in [0.4, 0.5) is 8.78 Å². The van der Waals surface area contributed by atoms with Gasteiger partial charge < -0.3 is 14.7 Å². The van der Waals surface area contributed by atoms with Crippen LogP contribution in [0.2, 0.25) is 0 Å². The van der Waals surface area contributed by atoms with Gasteiger partial charge in [-0.25, -0.2) is 4.39 Å². The van der Waals surface area contributed by atoms with Gasteiger partial charge in [-0.05, 0) is 55.5 Å². The van der Waals surface area contributed by atoms with Crippen molar-refractivity contribution in [2.45, 2.75) is 37.8 Å². The van der Waals surface area contributed by atoms with Gasteiger partial charge in [0.2, 0.25) is 11.2 Å². The first-order valence-electron chi connectivity index (χ1n) is 12.2. The highest BCUT2D eigenvalue weighted by molar-refractivity contribution is 5.97. The van der Waals surface area contributed by atoms with E-state index >= 15 is 4.39 Å². The number of rotatable bonds is 1. The van der Waals surface area contributed by atoms with E-state index in [0.717, 1.165) is 23.6 Å². The molecule has 7 nitrogen and oxygen atoms in total. The van der Waals surface area contributed by atoms with E-state index in [1.807, 2.05) is 37.3 Å². The summed E-state index contributed by atoms with van der Waals surface area (Å²) in [7, 11) is 0. The zero-order chi connectivity index (χ0) is 25.9. The SMILES string of the molecule is Cc1ccccc1[C@@H]1c2ccc(F)c(F)c2OC/C=C\C2(CCC2)N2CN1n1ccc(=O)c(O)c1C2=O. The normalized spacial score (nSPS) is 20.8. The lowest BCUT2D eigenvalue weighted by Crippen LogP contribution is -2.64. The number of aromatic nitrogens is 1. The summed E-state index contributed by atoms with van der Waals surface area (Å²) >= 11 is 0. The van der Waals surface area contributed by atoms with E-state index in [-0.39, 0.29) is 24.7 Å². The molecule has 1 saturated carbocycles. The molecule has 1 aliphatic carbocycles. The molecule has 6 rings (SSSR count). The van der Waals surface area contributed by atoms with Crippen LogP contribution in [0.3, 0.4) is 0 Å². The van der Waals surface area contributed by atoms with Crippen LogP contribution < -0.4 is 15.2 Å². The van der Waals surface area contributed by atoms with E-state index in [1.165, 1.54) is 23.0 Å². The summed E-state index contributed by atoms with van der Waals surface area (Å²) in [5.74, 6) is -3.48. The molecule has 1 fully saturated rings. The molecule has 2 aliphatic heterocycles. The van der Waals surface area contributed by atoms with E-state index in [2.05, 4.69) is 0 Å². The van der Waals surface area contributed by atoms with Crippen molar-refractivity contribution in [3.05, 3.63) is 105 Å². The Morgan fingerprint density at radius 3 is 2.57 bits per heavy atom. The predicted octanol–water partition coefficient (Wildman–Crippen LogP) is 4.15. The molecule has 2 aromatic carbocycles. The average Bonchev–Trinajstić information content (AvgIpc) is 2.88. The van der Waals surface area contributed by atoms with Crippen molar-refractivity contribution >= 4 is 5.91 Å². The van der Waals surface area contributed by atoms with Crippen LogP contribution in [0.1, 0.15) is 52.5 Å². The van der Waals surface area contributed by atoms with Gasteiger partial charge in [0.15, 0.2) is 23.0 Å². The smallest absolute Gasteiger partial charge is 0.278 e. The van der Waals surface area contributed by atoms with Gasteiger partial charge in [-0.1, -0.05) is 30.3 Å². The third-order valence-electron chi connectivity index (χ3n) is 7.73. The van der Waals surface area contributed by atoms with Crippen LogP contribution in [0.5, 0.6) is 11.5 Å². The number of aromatic hydroxyl groups is 1. The lowest BCUT2D eigenvalue weighted by atomic mass is 9.74. The summed E-state index contributed by atoms with van der Waals surface area (Å²) in [5, 5.41) is 12.6. The minimum absolute atomic E-state index is 0.0201. The zero-order valence-corrected chi connectivity index (χ0v) is 20.2. The summed E-state index contributed by atoms with van der Waals surface area (Å²) in [6.07, 6.45) is 7.28. The monoisotopic (exact) mass is 505 g/mol. The molecule has 0 unspecified atom stereocenters. The van der Waals surface area contributed by atoms with Crippen LogP contribution in [0.15, 0.2) is 65.6 Å². The number of halogens is 2. The van der Waals surface area contributed by atoms with Gasteiger partial charge in [0.1, 0.15) is 19.3 Å². The van der Waals surface area contributed by atoms with Gasteiger partial charge in [-0.3, -0.25) is 19.3 Å². The van der Waals surface area contributed by atoms with Crippen LogP contribution >= 0.6 is 0 Å². The van der Waals surface area contributed by atoms with Gasteiger partial charge in [-0.2, -0.15) is 4.39 Å². The summed E-state index contributed by atoms with van der Waals surface area (Å²) in [4.78, 5) is 27.9. The zero-order valence-electron chi connectivity index (χ0n) is 20.2. The number of hydrogen-bond donors (Lipinski definition) is 1. The molecule has 1 amide bonds. The van der Waals surface area contributed by atoms with Gasteiger partial charge in [0.05, 0.1) is 5.54 Å². The third kappa shape index (κ3) is 3.44. The summed E-state index contributed by atoms with van der Waals surface area (Å²) in [6, 6.07) is 10.5. The predicted molar refractivity (Wildman–Crippen MR) is 132 cm³/mol. The highest BCUT2D eigenvalue weighted by Crippen LogP contribution is 2.45. The molecular formula is C28H25F2N3O4. The average molecular weight is 506 g/mol. The number of benzene rings is 2.